The molecular formula is C16H11ClF6N2O2. The highest BCUT2D eigenvalue weighted by molar-refractivity contribution is 6.31. The van der Waals surface area contributed by atoms with Crippen LogP contribution in [0.4, 0.5) is 26.3 Å². The van der Waals surface area contributed by atoms with Gasteiger partial charge in [0, 0.05) is 11.8 Å². The number of alkyl halides is 6. The summed E-state index contributed by atoms with van der Waals surface area (Å²) in [5.41, 5.74) is -2.21. The molecule has 0 saturated heterocycles. The summed E-state index contributed by atoms with van der Waals surface area (Å²) >= 11 is 5.65. The van der Waals surface area contributed by atoms with Gasteiger partial charge in [0.2, 0.25) is 5.88 Å². The van der Waals surface area contributed by atoms with Crippen LogP contribution in [-0.4, -0.2) is 24.0 Å². The maximum Gasteiger partial charge on any atom is 0.417 e. The zero-order chi connectivity index (χ0) is 20.2. The van der Waals surface area contributed by atoms with Gasteiger partial charge in [0.1, 0.15) is 11.6 Å². The number of benzene rings is 1. The third kappa shape index (κ3) is 5.75. The van der Waals surface area contributed by atoms with E-state index < -0.39 is 29.4 Å². The standard InChI is InChI=1S/C16H11ClF6N2O2/c17-12-7-11(16(21,22)23)8-25-14(12)27-5-4-24-13(26)9-2-1-3-10(6-9)15(18,19)20/h1-3,6-8H,4-5H2,(H,24,26). The second-order valence-electron chi connectivity index (χ2n) is 5.19. The lowest BCUT2D eigenvalue weighted by molar-refractivity contribution is -0.138. The Morgan fingerprint density at radius 2 is 1.74 bits per heavy atom. The summed E-state index contributed by atoms with van der Waals surface area (Å²) in [7, 11) is 0. The van der Waals surface area contributed by atoms with Crippen molar-refractivity contribution in [2.75, 3.05) is 13.2 Å². The Hall–Kier alpha value is -2.49. The first-order chi connectivity index (χ1) is 12.5. The van der Waals surface area contributed by atoms with Crippen LogP contribution in [0.2, 0.25) is 5.02 Å². The van der Waals surface area contributed by atoms with E-state index in [0.29, 0.717) is 18.3 Å². The Morgan fingerprint density at radius 3 is 2.33 bits per heavy atom. The molecule has 0 saturated carbocycles. The first-order valence-corrected chi connectivity index (χ1v) is 7.67. The van der Waals surface area contributed by atoms with Crippen LogP contribution in [0.15, 0.2) is 36.5 Å². The third-order valence-electron chi connectivity index (χ3n) is 3.21. The van der Waals surface area contributed by atoms with Crippen LogP contribution >= 0.6 is 11.6 Å². The number of rotatable bonds is 5. The van der Waals surface area contributed by atoms with E-state index in [2.05, 4.69) is 10.3 Å². The smallest absolute Gasteiger partial charge is 0.417 e. The SMILES string of the molecule is O=C(NCCOc1ncc(C(F)(F)F)cc1Cl)c1cccc(C(F)(F)F)c1. The van der Waals surface area contributed by atoms with Gasteiger partial charge in [0.05, 0.1) is 17.7 Å². The topological polar surface area (TPSA) is 51.2 Å². The van der Waals surface area contributed by atoms with Crippen molar-refractivity contribution in [2.45, 2.75) is 12.4 Å². The molecule has 0 atom stereocenters. The molecule has 0 fully saturated rings. The Bertz CT molecular complexity index is 823. The molecule has 1 amide bonds. The molecule has 0 radical (unpaired) electrons. The fraction of sp³-hybridized carbons (Fsp3) is 0.250. The number of carbonyl (C=O) groups excluding carboxylic acids is 1. The van der Waals surface area contributed by atoms with Gasteiger partial charge in [-0.05, 0) is 24.3 Å². The first-order valence-electron chi connectivity index (χ1n) is 7.29. The van der Waals surface area contributed by atoms with E-state index in [0.717, 1.165) is 12.1 Å². The average molecular weight is 413 g/mol. The van der Waals surface area contributed by atoms with Crippen molar-refractivity contribution in [1.29, 1.82) is 0 Å². The number of nitrogens with zero attached hydrogens (tertiary/aromatic N) is 1. The van der Waals surface area contributed by atoms with E-state index in [1.54, 1.807) is 0 Å². The molecular weight excluding hydrogens is 402 g/mol. The van der Waals surface area contributed by atoms with Crippen molar-refractivity contribution in [3.05, 3.63) is 58.2 Å². The predicted octanol–water partition coefficient (Wildman–Crippen LogP) is 4.58. The molecule has 27 heavy (non-hydrogen) atoms. The second kappa shape index (κ2) is 8.03. The molecule has 1 aromatic carbocycles. The lowest BCUT2D eigenvalue weighted by Crippen LogP contribution is -2.28. The molecule has 1 N–H and O–H groups in total. The summed E-state index contributed by atoms with van der Waals surface area (Å²) in [6, 6.07) is 4.48. The van der Waals surface area contributed by atoms with E-state index in [1.807, 2.05) is 0 Å². The number of aromatic nitrogens is 1. The number of hydrogen-bond donors (Lipinski definition) is 1. The number of amides is 1. The fourth-order valence-corrected chi connectivity index (χ4v) is 2.16. The largest absolute Gasteiger partial charge is 0.475 e. The summed E-state index contributed by atoms with van der Waals surface area (Å²) in [5.74, 6) is -1.03. The minimum absolute atomic E-state index is 0.131. The van der Waals surface area contributed by atoms with E-state index in [9.17, 15) is 31.1 Å². The summed E-state index contributed by atoms with van der Waals surface area (Å²) in [6.45, 7) is -0.336. The Balaban J connectivity index is 1.89. The van der Waals surface area contributed by atoms with Gasteiger partial charge in [-0.25, -0.2) is 4.98 Å². The molecule has 1 aromatic heterocycles. The zero-order valence-corrected chi connectivity index (χ0v) is 14.0. The van der Waals surface area contributed by atoms with Crippen molar-refractivity contribution in [1.82, 2.24) is 10.3 Å². The van der Waals surface area contributed by atoms with E-state index in [-0.39, 0.29) is 29.6 Å². The Morgan fingerprint density at radius 1 is 1.07 bits per heavy atom. The molecule has 11 heteroatoms. The van der Waals surface area contributed by atoms with Crippen LogP contribution in [0.3, 0.4) is 0 Å². The number of halogens is 7. The van der Waals surface area contributed by atoms with E-state index in [4.69, 9.17) is 16.3 Å². The summed E-state index contributed by atoms with van der Waals surface area (Å²) in [4.78, 5) is 15.3. The van der Waals surface area contributed by atoms with E-state index >= 15 is 0 Å². The van der Waals surface area contributed by atoms with Crippen molar-refractivity contribution < 1.29 is 35.9 Å². The minimum atomic E-state index is -4.60. The average Bonchev–Trinajstić information content (AvgIpc) is 2.58. The highest BCUT2D eigenvalue weighted by Gasteiger charge is 2.32. The summed E-state index contributed by atoms with van der Waals surface area (Å²) in [5, 5.41) is 1.95. The zero-order valence-electron chi connectivity index (χ0n) is 13.3. The Kier molecular flexibility index (Phi) is 6.19. The molecule has 0 aliphatic heterocycles. The molecule has 0 aliphatic rings. The summed E-state index contributed by atoms with van der Waals surface area (Å²) in [6.07, 6.45) is -8.64. The van der Waals surface area contributed by atoms with Gasteiger partial charge in [-0.3, -0.25) is 4.79 Å². The Labute approximate surface area is 154 Å². The first kappa shape index (κ1) is 20.8. The number of nitrogens with one attached hydrogen (secondary N) is 1. The third-order valence-corrected chi connectivity index (χ3v) is 3.48. The van der Waals surface area contributed by atoms with Crippen molar-refractivity contribution in [2.24, 2.45) is 0 Å². The lowest BCUT2D eigenvalue weighted by Gasteiger charge is -2.11. The molecule has 0 unspecified atom stereocenters. The number of ether oxygens (including phenoxy) is 1. The maximum atomic E-state index is 12.6. The molecule has 0 bridgehead atoms. The summed E-state index contributed by atoms with van der Waals surface area (Å²) < 4.78 is 80.4. The van der Waals surface area contributed by atoms with Gasteiger partial charge in [-0.2, -0.15) is 26.3 Å². The van der Waals surface area contributed by atoms with Gasteiger partial charge < -0.3 is 10.1 Å². The van der Waals surface area contributed by atoms with Crippen molar-refractivity contribution in [3.8, 4) is 5.88 Å². The fourth-order valence-electron chi connectivity index (χ4n) is 1.94. The molecule has 0 spiro atoms. The number of pyridine rings is 1. The van der Waals surface area contributed by atoms with Gasteiger partial charge >= 0.3 is 12.4 Å². The lowest BCUT2D eigenvalue weighted by atomic mass is 10.1. The highest BCUT2D eigenvalue weighted by atomic mass is 35.5. The predicted molar refractivity (Wildman–Crippen MR) is 83.5 cm³/mol. The van der Waals surface area contributed by atoms with Crippen LogP contribution in [0.5, 0.6) is 5.88 Å². The van der Waals surface area contributed by atoms with Gasteiger partial charge in [0.15, 0.2) is 0 Å². The monoisotopic (exact) mass is 412 g/mol. The van der Waals surface area contributed by atoms with Gasteiger partial charge in [0.25, 0.3) is 5.91 Å². The van der Waals surface area contributed by atoms with Crippen LogP contribution < -0.4 is 10.1 Å². The maximum absolute atomic E-state index is 12.6. The van der Waals surface area contributed by atoms with Crippen LogP contribution in [0.1, 0.15) is 21.5 Å². The molecule has 1 heterocycles. The van der Waals surface area contributed by atoms with E-state index in [1.165, 1.54) is 6.07 Å². The second-order valence-corrected chi connectivity index (χ2v) is 5.60. The quantitative estimate of drug-likeness (QED) is 0.577. The van der Waals surface area contributed by atoms with Gasteiger partial charge in [-0.15, -0.1) is 0 Å². The van der Waals surface area contributed by atoms with Crippen molar-refractivity contribution >= 4 is 17.5 Å². The van der Waals surface area contributed by atoms with Crippen molar-refractivity contribution in [3.63, 3.8) is 0 Å². The van der Waals surface area contributed by atoms with Crippen LogP contribution in [-0.2, 0) is 12.4 Å². The minimum Gasteiger partial charge on any atom is -0.475 e. The highest BCUT2D eigenvalue weighted by Crippen LogP contribution is 2.33. The van der Waals surface area contributed by atoms with Crippen LogP contribution in [0.25, 0.3) is 0 Å². The molecule has 146 valence electrons. The van der Waals surface area contributed by atoms with Crippen LogP contribution in [0, 0.1) is 0 Å². The molecule has 2 aromatic rings. The number of hydrogen-bond acceptors (Lipinski definition) is 3. The molecule has 4 nitrogen and oxygen atoms in total. The van der Waals surface area contributed by atoms with Gasteiger partial charge in [-0.1, -0.05) is 17.7 Å². The molecule has 0 aliphatic carbocycles. The normalized spacial score (nSPS) is 12.0. The molecule has 2 rings (SSSR count). The number of carbonyl (C=O) groups is 1.